The number of halogens is 2. The van der Waals surface area contributed by atoms with Gasteiger partial charge in [-0.2, -0.15) is 8.42 Å². The van der Waals surface area contributed by atoms with Crippen molar-refractivity contribution in [3.8, 4) is 0 Å². The van der Waals surface area contributed by atoms with Crippen LogP contribution in [0.5, 0.6) is 0 Å². The van der Waals surface area contributed by atoms with Crippen LogP contribution in [0.15, 0.2) is 22.9 Å². The standard InChI is InChI=1S/C6H6F2O3S/c7-4-1-2-6(5(8)3-4)12(9,10)11/h1-2,4H,3H2,(H,9,10,11). The molecule has 0 bridgehead atoms. The first-order chi connectivity index (χ1) is 5.41. The van der Waals surface area contributed by atoms with Crippen molar-refractivity contribution in [3.05, 3.63) is 22.9 Å². The van der Waals surface area contributed by atoms with Crippen LogP contribution in [-0.4, -0.2) is 19.1 Å². The van der Waals surface area contributed by atoms with E-state index in [0.717, 1.165) is 12.2 Å². The summed E-state index contributed by atoms with van der Waals surface area (Å²) in [5.74, 6) is -1.15. The van der Waals surface area contributed by atoms with Gasteiger partial charge in [0.05, 0.1) is 0 Å². The molecule has 1 N–H and O–H groups in total. The Hall–Kier alpha value is -0.750. The molecule has 1 rings (SSSR count). The molecule has 0 saturated heterocycles. The first kappa shape index (κ1) is 9.34. The van der Waals surface area contributed by atoms with Gasteiger partial charge in [-0.3, -0.25) is 4.55 Å². The van der Waals surface area contributed by atoms with Crippen molar-refractivity contribution in [1.29, 1.82) is 0 Å². The Morgan fingerprint density at radius 2 is 2.17 bits per heavy atom. The second-order valence-corrected chi connectivity index (χ2v) is 3.71. The molecule has 0 fully saturated rings. The molecule has 68 valence electrons. The van der Waals surface area contributed by atoms with Crippen LogP contribution in [0.2, 0.25) is 0 Å². The van der Waals surface area contributed by atoms with Gasteiger partial charge in [0.15, 0.2) is 0 Å². The number of allylic oxidation sites excluding steroid dienone is 3. The summed E-state index contributed by atoms with van der Waals surface area (Å²) in [4.78, 5) is -0.851. The van der Waals surface area contributed by atoms with E-state index in [1.807, 2.05) is 0 Å². The average Bonchev–Trinajstić information content (AvgIpc) is 1.83. The van der Waals surface area contributed by atoms with Gasteiger partial charge in [-0.15, -0.1) is 0 Å². The fraction of sp³-hybridized carbons (Fsp3) is 0.333. The molecular formula is C6H6F2O3S. The average molecular weight is 196 g/mol. The molecular weight excluding hydrogens is 190 g/mol. The minimum Gasteiger partial charge on any atom is -0.282 e. The molecule has 0 saturated carbocycles. The van der Waals surface area contributed by atoms with Gasteiger partial charge in [0.25, 0.3) is 10.1 Å². The van der Waals surface area contributed by atoms with Crippen molar-refractivity contribution in [2.45, 2.75) is 12.6 Å². The molecule has 3 nitrogen and oxygen atoms in total. The molecule has 0 aromatic heterocycles. The summed E-state index contributed by atoms with van der Waals surface area (Å²) in [5, 5.41) is 0. The van der Waals surface area contributed by atoms with Crippen LogP contribution >= 0.6 is 0 Å². The van der Waals surface area contributed by atoms with Crippen LogP contribution in [0, 0.1) is 0 Å². The van der Waals surface area contributed by atoms with Crippen LogP contribution in [-0.2, 0) is 10.1 Å². The van der Waals surface area contributed by atoms with Gasteiger partial charge >= 0.3 is 0 Å². The van der Waals surface area contributed by atoms with E-state index in [0.29, 0.717) is 0 Å². The molecule has 0 radical (unpaired) electrons. The Bertz CT molecular complexity index is 342. The summed E-state index contributed by atoms with van der Waals surface area (Å²) in [6, 6.07) is 0. The monoisotopic (exact) mass is 196 g/mol. The van der Waals surface area contributed by atoms with Gasteiger partial charge in [0.1, 0.15) is 16.9 Å². The fourth-order valence-electron chi connectivity index (χ4n) is 0.848. The largest absolute Gasteiger partial charge is 0.297 e. The smallest absolute Gasteiger partial charge is 0.282 e. The van der Waals surface area contributed by atoms with Crippen molar-refractivity contribution in [1.82, 2.24) is 0 Å². The van der Waals surface area contributed by atoms with Crippen molar-refractivity contribution in [2.24, 2.45) is 0 Å². The lowest BCUT2D eigenvalue weighted by Gasteiger charge is -2.09. The number of alkyl halides is 1. The molecule has 12 heavy (non-hydrogen) atoms. The van der Waals surface area contributed by atoms with Crippen LogP contribution in [0.4, 0.5) is 8.78 Å². The van der Waals surface area contributed by atoms with Gasteiger partial charge in [-0.1, -0.05) is 0 Å². The van der Waals surface area contributed by atoms with Gasteiger partial charge in [-0.05, 0) is 12.2 Å². The van der Waals surface area contributed by atoms with Gasteiger partial charge < -0.3 is 0 Å². The summed E-state index contributed by atoms with van der Waals surface area (Å²) in [6.45, 7) is 0. The van der Waals surface area contributed by atoms with E-state index < -0.39 is 33.4 Å². The zero-order valence-corrected chi connectivity index (χ0v) is 6.68. The molecule has 1 aliphatic carbocycles. The molecule has 0 spiro atoms. The van der Waals surface area contributed by atoms with Gasteiger partial charge in [0, 0.05) is 6.42 Å². The Labute approximate surface area is 68.1 Å². The molecule has 1 unspecified atom stereocenters. The van der Waals surface area contributed by atoms with E-state index in [4.69, 9.17) is 4.55 Å². The van der Waals surface area contributed by atoms with Crippen LogP contribution < -0.4 is 0 Å². The molecule has 0 heterocycles. The van der Waals surface area contributed by atoms with Crippen LogP contribution in [0.3, 0.4) is 0 Å². The molecule has 0 aromatic carbocycles. The SMILES string of the molecule is O=S(=O)(O)C1=C(F)CC(F)C=C1. The number of hydrogen-bond donors (Lipinski definition) is 1. The van der Waals surface area contributed by atoms with Crippen LogP contribution in [0.1, 0.15) is 6.42 Å². The fourth-order valence-corrected chi connectivity index (χ4v) is 1.46. The molecule has 0 aliphatic heterocycles. The first-order valence-corrected chi connectivity index (χ1v) is 4.53. The van der Waals surface area contributed by atoms with E-state index in [2.05, 4.69) is 0 Å². The van der Waals surface area contributed by atoms with Crippen molar-refractivity contribution < 1.29 is 21.8 Å². The highest BCUT2D eigenvalue weighted by Gasteiger charge is 2.23. The van der Waals surface area contributed by atoms with Crippen LogP contribution in [0.25, 0.3) is 0 Å². The second kappa shape index (κ2) is 2.95. The van der Waals surface area contributed by atoms with Crippen molar-refractivity contribution in [3.63, 3.8) is 0 Å². The molecule has 0 amide bonds. The van der Waals surface area contributed by atoms with E-state index in [-0.39, 0.29) is 0 Å². The summed E-state index contributed by atoms with van der Waals surface area (Å²) in [6.07, 6.45) is -0.549. The lowest BCUT2D eigenvalue weighted by atomic mass is 10.1. The Morgan fingerprint density at radius 3 is 2.58 bits per heavy atom. The van der Waals surface area contributed by atoms with Gasteiger partial charge in [-0.25, -0.2) is 8.78 Å². The molecule has 1 aliphatic rings. The quantitative estimate of drug-likeness (QED) is 0.644. The lowest BCUT2D eigenvalue weighted by Crippen LogP contribution is -2.09. The minimum absolute atomic E-state index is 0.633. The lowest BCUT2D eigenvalue weighted by molar-refractivity contribution is 0.367. The third-order valence-corrected chi connectivity index (χ3v) is 2.29. The predicted molar refractivity (Wildman–Crippen MR) is 38.3 cm³/mol. The summed E-state index contributed by atoms with van der Waals surface area (Å²) in [7, 11) is -4.55. The normalized spacial score (nSPS) is 24.8. The summed E-state index contributed by atoms with van der Waals surface area (Å²) >= 11 is 0. The van der Waals surface area contributed by atoms with E-state index in [9.17, 15) is 17.2 Å². The zero-order chi connectivity index (χ0) is 9.35. The maximum atomic E-state index is 12.6. The van der Waals surface area contributed by atoms with Gasteiger partial charge in [0.2, 0.25) is 0 Å². The highest BCUT2D eigenvalue weighted by atomic mass is 32.2. The Balaban J connectivity index is 3.09. The highest BCUT2D eigenvalue weighted by Crippen LogP contribution is 2.25. The predicted octanol–water partition coefficient (Wildman–Crippen LogP) is 1.35. The van der Waals surface area contributed by atoms with E-state index >= 15 is 0 Å². The highest BCUT2D eigenvalue weighted by molar-refractivity contribution is 7.90. The number of hydrogen-bond acceptors (Lipinski definition) is 2. The maximum Gasteiger partial charge on any atom is 0.297 e. The topological polar surface area (TPSA) is 54.4 Å². The van der Waals surface area contributed by atoms with E-state index in [1.54, 1.807) is 0 Å². The third kappa shape index (κ3) is 1.89. The van der Waals surface area contributed by atoms with Crippen molar-refractivity contribution >= 4 is 10.1 Å². The maximum absolute atomic E-state index is 12.6. The Morgan fingerprint density at radius 1 is 1.58 bits per heavy atom. The number of rotatable bonds is 1. The summed E-state index contributed by atoms with van der Waals surface area (Å²) < 4.78 is 54.2. The second-order valence-electron chi connectivity index (χ2n) is 2.32. The van der Waals surface area contributed by atoms with Crippen molar-refractivity contribution in [2.75, 3.05) is 0 Å². The first-order valence-electron chi connectivity index (χ1n) is 3.09. The minimum atomic E-state index is -4.55. The Kier molecular flexibility index (Phi) is 2.29. The molecule has 0 aromatic rings. The zero-order valence-electron chi connectivity index (χ0n) is 5.87. The molecule has 6 heteroatoms. The molecule has 1 atom stereocenters. The summed E-state index contributed by atoms with van der Waals surface area (Å²) in [5.41, 5.74) is 0. The third-order valence-electron chi connectivity index (χ3n) is 1.38. The van der Waals surface area contributed by atoms with E-state index in [1.165, 1.54) is 0 Å².